The van der Waals surface area contributed by atoms with Crippen molar-refractivity contribution in [3.63, 3.8) is 0 Å². The van der Waals surface area contributed by atoms with Crippen LogP contribution >= 0.6 is 11.6 Å². The Morgan fingerprint density at radius 2 is 1.74 bits per heavy atom. The van der Waals surface area contributed by atoms with E-state index in [1.165, 1.54) is 23.1 Å². The van der Waals surface area contributed by atoms with Crippen molar-refractivity contribution in [1.82, 2.24) is 4.90 Å². The van der Waals surface area contributed by atoms with Crippen molar-refractivity contribution in [2.24, 2.45) is 10.7 Å². The summed E-state index contributed by atoms with van der Waals surface area (Å²) < 4.78 is 0. The molecule has 2 atom stereocenters. The van der Waals surface area contributed by atoms with Gasteiger partial charge in [-0.15, -0.1) is 0 Å². The molecule has 2 aromatic carbocycles. The Balaban J connectivity index is 1.54. The lowest BCUT2D eigenvalue weighted by Gasteiger charge is -2.38. The number of nitrogens with two attached hydrogens (primary N) is 1. The molecule has 0 amide bonds. The van der Waals surface area contributed by atoms with E-state index in [0.717, 1.165) is 18.7 Å². The smallest absolute Gasteiger partial charge is 0.148 e. The highest BCUT2D eigenvalue weighted by Gasteiger charge is 2.39. The third-order valence-corrected chi connectivity index (χ3v) is 6.32. The number of halogens is 1. The Bertz CT molecular complexity index is 939. The predicted octanol–water partition coefficient (Wildman–Crippen LogP) is 5.17. The Morgan fingerprint density at radius 1 is 1.00 bits per heavy atom. The average Bonchev–Trinajstić information content (AvgIpc) is 3.08. The van der Waals surface area contributed by atoms with Crippen LogP contribution in [0.25, 0.3) is 0 Å². The van der Waals surface area contributed by atoms with Gasteiger partial charge in [-0.25, -0.2) is 0 Å². The van der Waals surface area contributed by atoms with Crippen LogP contribution in [0.5, 0.6) is 0 Å². The fraction of sp³-hybridized carbons (Fsp3) is 0.261. The minimum Gasteiger partial charge on any atom is -0.322 e. The van der Waals surface area contributed by atoms with Gasteiger partial charge in [-0.2, -0.15) is 0 Å². The summed E-state index contributed by atoms with van der Waals surface area (Å²) in [4.78, 5) is 7.19. The van der Waals surface area contributed by atoms with E-state index in [0.29, 0.717) is 5.03 Å². The molecule has 1 saturated carbocycles. The van der Waals surface area contributed by atoms with Crippen LogP contribution in [-0.2, 0) is 5.54 Å². The molecule has 3 aliphatic rings. The highest BCUT2D eigenvalue weighted by molar-refractivity contribution is 6.43. The van der Waals surface area contributed by atoms with Crippen molar-refractivity contribution in [2.75, 3.05) is 0 Å². The molecule has 0 radical (unpaired) electrons. The molecular weight excluding hydrogens is 354 g/mol. The lowest BCUT2D eigenvalue weighted by atomic mass is 9.72. The van der Waals surface area contributed by atoms with Crippen LogP contribution in [0.3, 0.4) is 0 Å². The molecule has 0 saturated heterocycles. The van der Waals surface area contributed by atoms with Crippen molar-refractivity contribution < 1.29 is 0 Å². The van der Waals surface area contributed by atoms with Gasteiger partial charge in [0, 0.05) is 11.7 Å². The molecule has 2 aromatic rings. The summed E-state index contributed by atoms with van der Waals surface area (Å²) >= 11 is 6.46. The summed E-state index contributed by atoms with van der Waals surface area (Å²) in [6, 6.07) is 19.4. The number of benzene rings is 2. The lowest BCUT2D eigenvalue weighted by Crippen LogP contribution is -2.43. The zero-order valence-electron chi connectivity index (χ0n) is 15.1. The SMILES string of the molecule is NC1(c2ccc(C3N=C4C(Cl)=CC=CN4C3c3ccccc3)cc2)CCC1. The van der Waals surface area contributed by atoms with Gasteiger partial charge < -0.3 is 10.6 Å². The molecule has 4 heteroatoms. The molecular formula is C23H22ClN3. The normalized spacial score (nSPS) is 25.5. The van der Waals surface area contributed by atoms with Crippen molar-refractivity contribution >= 4 is 17.4 Å². The number of fused-ring (bicyclic) bond motifs is 1. The van der Waals surface area contributed by atoms with Gasteiger partial charge in [0.25, 0.3) is 0 Å². The molecule has 2 unspecified atom stereocenters. The molecule has 0 bridgehead atoms. The molecule has 2 N–H and O–H groups in total. The summed E-state index contributed by atoms with van der Waals surface area (Å²) in [6.07, 6.45) is 9.32. The van der Waals surface area contributed by atoms with E-state index >= 15 is 0 Å². The maximum atomic E-state index is 6.49. The van der Waals surface area contributed by atoms with Crippen LogP contribution in [0.1, 0.15) is 48.0 Å². The van der Waals surface area contributed by atoms with Crippen LogP contribution in [0.2, 0.25) is 0 Å². The van der Waals surface area contributed by atoms with Gasteiger partial charge >= 0.3 is 0 Å². The van der Waals surface area contributed by atoms with E-state index in [-0.39, 0.29) is 17.6 Å². The number of allylic oxidation sites excluding steroid dienone is 2. The summed E-state index contributed by atoms with van der Waals surface area (Å²) in [5.74, 6) is 0.844. The van der Waals surface area contributed by atoms with E-state index in [1.807, 2.05) is 18.2 Å². The minimum absolute atomic E-state index is 0.00327. The van der Waals surface area contributed by atoms with Gasteiger partial charge in [-0.3, -0.25) is 4.99 Å². The number of nitrogens with zero attached hydrogens (tertiary/aromatic N) is 2. The first kappa shape index (κ1) is 16.8. The molecule has 1 fully saturated rings. The Morgan fingerprint density at radius 3 is 2.41 bits per heavy atom. The quantitative estimate of drug-likeness (QED) is 0.803. The topological polar surface area (TPSA) is 41.6 Å². The monoisotopic (exact) mass is 375 g/mol. The maximum absolute atomic E-state index is 6.49. The molecule has 0 aromatic heterocycles. The Labute approximate surface area is 164 Å². The molecule has 27 heavy (non-hydrogen) atoms. The third kappa shape index (κ3) is 2.73. The Kier molecular flexibility index (Phi) is 3.96. The average molecular weight is 376 g/mol. The molecule has 2 aliphatic heterocycles. The summed E-state index contributed by atoms with van der Waals surface area (Å²) in [6.45, 7) is 0. The molecule has 2 heterocycles. The van der Waals surface area contributed by atoms with Crippen LogP contribution < -0.4 is 5.73 Å². The number of hydrogen-bond donors (Lipinski definition) is 1. The fourth-order valence-electron chi connectivity index (χ4n) is 4.30. The van der Waals surface area contributed by atoms with Gasteiger partial charge in [-0.1, -0.05) is 66.2 Å². The largest absolute Gasteiger partial charge is 0.322 e. The summed E-state index contributed by atoms with van der Waals surface area (Å²) in [5, 5.41) is 0.688. The van der Waals surface area contributed by atoms with Crippen LogP contribution in [-0.4, -0.2) is 10.7 Å². The lowest BCUT2D eigenvalue weighted by molar-refractivity contribution is 0.253. The van der Waals surface area contributed by atoms with Gasteiger partial charge in [0.05, 0.1) is 11.1 Å². The van der Waals surface area contributed by atoms with Crippen LogP contribution in [0.4, 0.5) is 0 Å². The van der Waals surface area contributed by atoms with E-state index in [2.05, 4.69) is 59.6 Å². The standard InChI is InChI=1S/C23H22ClN3/c24-19-8-4-15-27-21(17-6-2-1-3-7-17)20(26-22(19)27)16-9-11-18(12-10-16)23(25)13-5-14-23/h1-4,6-12,15,20-21H,5,13-14,25H2. The van der Waals surface area contributed by atoms with Gasteiger partial charge in [0.1, 0.15) is 11.9 Å². The van der Waals surface area contributed by atoms with Crippen molar-refractivity contribution in [3.8, 4) is 0 Å². The number of rotatable bonds is 3. The number of hydrogen-bond acceptors (Lipinski definition) is 3. The first-order valence-corrected chi connectivity index (χ1v) is 9.88. The van der Waals surface area contributed by atoms with Crippen molar-refractivity contribution in [2.45, 2.75) is 36.9 Å². The molecule has 5 rings (SSSR count). The molecule has 3 nitrogen and oxygen atoms in total. The predicted molar refractivity (Wildman–Crippen MR) is 110 cm³/mol. The van der Waals surface area contributed by atoms with Crippen LogP contribution in [0, 0.1) is 0 Å². The van der Waals surface area contributed by atoms with Crippen molar-refractivity contribution in [3.05, 3.63) is 94.7 Å². The summed E-state index contributed by atoms with van der Waals surface area (Å²) in [7, 11) is 0. The summed E-state index contributed by atoms with van der Waals surface area (Å²) in [5.41, 5.74) is 10.0. The first-order chi connectivity index (χ1) is 13.2. The van der Waals surface area contributed by atoms with E-state index in [1.54, 1.807) is 0 Å². The second kappa shape index (κ2) is 6.36. The van der Waals surface area contributed by atoms with Gasteiger partial charge in [0.15, 0.2) is 0 Å². The zero-order chi connectivity index (χ0) is 18.4. The van der Waals surface area contributed by atoms with Crippen LogP contribution in [0.15, 0.2) is 83.0 Å². The number of amidine groups is 1. The minimum atomic E-state index is -0.134. The van der Waals surface area contributed by atoms with Gasteiger partial charge in [0.2, 0.25) is 0 Å². The van der Waals surface area contributed by atoms with Gasteiger partial charge in [-0.05, 0) is 48.1 Å². The van der Waals surface area contributed by atoms with E-state index in [4.69, 9.17) is 22.3 Å². The first-order valence-electron chi connectivity index (χ1n) is 9.50. The molecule has 136 valence electrons. The zero-order valence-corrected chi connectivity index (χ0v) is 15.8. The highest BCUT2D eigenvalue weighted by Crippen LogP contribution is 2.45. The molecule has 0 spiro atoms. The Hall–Kier alpha value is -2.36. The second-order valence-corrected chi connectivity index (χ2v) is 8.06. The fourth-order valence-corrected chi connectivity index (χ4v) is 4.52. The third-order valence-electron chi connectivity index (χ3n) is 6.02. The van der Waals surface area contributed by atoms with E-state index in [9.17, 15) is 0 Å². The number of aliphatic imine (C=N–C) groups is 1. The maximum Gasteiger partial charge on any atom is 0.148 e. The van der Waals surface area contributed by atoms with Crippen molar-refractivity contribution in [1.29, 1.82) is 0 Å². The van der Waals surface area contributed by atoms with E-state index < -0.39 is 0 Å². The second-order valence-electron chi connectivity index (χ2n) is 7.65. The molecule has 1 aliphatic carbocycles. The highest BCUT2D eigenvalue weighted by atomic mass is 35.5.